The minimum atomic E-state index is 0.433. The van der Waals surface area contributed by atoms with Crippen molar-refractivity contribution in [2.45, 2.75) is 13.3 Å². The molecule has 1 rings (SSSR count). The van der Waals surface area contributed by atoms with Crippen LogP contribution in [0.5, 0.6) is 5.75 Å². The number of nitrogens with zero attached hydrogens (tertiary/aromatic N) is 1. The Labute approximate surface area is 70.8 Å². The van der Waals surface area contributed by atoms with Gasteiger partial charge in [-0.1, -0.05) is 13.0 Å². The average molecular weight is 165 g/mol. The van der Waals surface area contributed by atoms with Crippen molar-refractivity contribution in [1.82, 2.24) is 0 Å². The maximum absolute atomic E-state index is 6.48. The van der Waals surface area contributed by atoms with Gasteiger partial charge in [-0.15, -0.1) is 0 Å². The van der Waals surface area contributed by atoms with E-state index in [-0.39, 0.29) is 0 Å². The number of rotatable bonds is 3. The van der Waals surface area contributed by atoms with E-state index in [0.717, 1.165) is 12.0 Å². The first kappa shape index (κ1) is 8.52. The topological polar surface area (TPSA) is 71.5 Å². The van der Waals surface area contributed by atoms with Gasteiger partial charge in [-0.25, -0.2) is 0 Å². The standard InChI is InChI=1S/C8H11N3O/c1-2-6-3-4-8(12-11-10)7(9)5-6/h3-5,10H,2,9H2,1H3. The molecule has 0 atom stereocenters. The third kappa shape index (κ3) is 1.72. The van der Waals surface area contributed by atoms with Crippen LogP contribution in [0.3, 0.4) is 0 Å². The fraction of sp³-hybridized carbons (Fsp3) is 0.250. The van der Waals surface area contributed by atoms with Crippen LogP contribution in [0.1, 0.15) is 12.5 Å². The second-order valence-corrected chi connectivity index (χ2v) is 2.41. The Morgan fingerprint density at radius 3 is 2.83 bits per heavy atom. The van der Waals surface area contributed by atoms with Crippen LogP contribution in [0.25, 0.3) is 0 Å². The van der Waals surface area contributed by atoms with Crippen molar-refractivity contribution in [2.24, 2.45) is 5.28 Å². The van der Waals surface area contributed by atoms with Crippen molar-refractivity contribution < 1.29 is 4.84 Å². The zero-order valence-electron chi connectivity index (χ0n) is 6.87. The maximum Gasteiger partial charge on any atom is 0.182 e. The number of nitrogens with two attached hydrogens (primary N) is 1. The van der Waals surface area contributed by atoms with E-state index in [2.05, 4.69) is 10.1 Å². The fourth-order valence-electron chi connectivity index (χ4n) is 0.950. The molecule has 4 nitrogen and oxygen atoms in total. The van der Waals surface area contributed by atoms with E-state index < -0.39 is 0 Å². The highest BCUT2D eigenvalue weighted by Crippen LogP contribution is 2.22. The van der Waals surface area contributed by atoms with Crippen LogP contribution in [0.15, 0.2) is 23.5 Å². The summed E-state index contributed by atoms with van der Waals surface area (Å²) in [5, 5.41) is 2.79. The van der Waals surface area contributed by atoms with E-state index in [4.69, 9.17) is 11.3 Å². The van der Waals surface area contributed by atoms with Gasteiger partial charge >= 0.3 is 0 Å². The summed E-state index contributed by atoms with van der Waals surface area (Å²) in [4.78, 5) is 4.60. The molecule has 1 aromatic rings. The lowest BCUT2D eigenvalue weighted by Crippen LogP contribution is -1.92. The van der Waals surface area contributed by atoms with Crippen molar-refractivity contribution in [2.75, 3.05) is 5.73 Å². The van der Waals surface area contributed by atoms with Crippen LogP contribution < -0.4 is 10.6 Å². The minimum absolute atomic E-state index is 0.433. The lowest BCUT2D eigenvalue weighted by molar-refractivity contribution is 0.300. The van der Waals surface area contributed by atoms with Crippen molar-refractivity contribution in [3.05, 3.63) is 23.8 Å². The molecule has 64 valence electrons. The van der Waals surface area contributed by atoms with Crippen molar-refractivity contribution in [1.29, 1.82) is 5.53 Å². The summed E-state index contributed by atoms with van der Waals surface area (Å²) in [6.07, 6.45) is 0.933. The Kier molecular flexibility index (Phi) is 2.63. The number of benzene rings is 1. The Morgan fingerprint density at radius 2 is 2.33 bits per heavy atom. The van der Waals surface area contributed by atoms with E-state index in [1.54, 1.807) is 6.07 Å². The zero-order chi connectivity index (χ0) is 8.97. The van der Waals surface area contributed by atoms with Gasteiger partial charge in [-0.05, 0) is 24.1 Å². The first-order valence-corrected chi connectivity index (χ1v) is 3.70. The summed E-state index contributed by atoms with van der Waals surface area (Å²) in [6.45, 7) is 2.05. The third-order valence-electron chi connectivity index (χ3n) is 1.63. The number of aryl methyl sites for hydroxylation is 1. The summed E-state index contributed by atoms with van der Waals surface area (Å²) in [5.74, 6) is 0.433. The van der Waals surface area contributed by atoms with Gasteiger partial charge in [0.05, 0.1) is 5.69 Å². The summed E-state index contributed by atoms with van der Waals surface area (Å²) >= 11 is 0. The normalized spacial score (nSPS) is 9.42. The van der Waals surface area contributed by atoms with Gasteiger partial charge in [0.2, 0.25) is 0 Å². The van der Waals surface area contributed by atoms with Gasteiger partial charge in [0.1, 0.15) is 0 Å². The van der Waals surface area contributed by atoms with Crippen LogP contribution in [0.4, 0.5) is 5.69 Å². The van der Waals surface area contributed by atoms with Gasteiger partial charge in [0.15, 0.2) is 5.75 Å². The van der Waals surface area contributed by atoms with Crippen molar-refractivity contribution in [3.8, 4) is 5.75 Å². The lowest BCUT2D eigenvalue weighted by atomic mass is 10.1. The summed E-state index contributed by atoms with van der Waals surface area (Å²) < 4.78 is 0. The largest absolute Gasteiger partial charge is 0.396 e. The molecule has 0 aliphatic heterocycles. The van der Waals surface area contributed by atoms with E-state index in [9.17, 15) is 0 Å². The van der Waals surface area contributed by atoms with E-state index in [1.165, 1.54) is 0 Å². The predicted molar refractivity (Wildman–Crippen MR) is 46.0 cm³/mol. The second-order valence-electron chi connectivity index (χ2n) is 2.41. The molecule has 1 aromatic carbocycles. The van der Waals surface area contributed by atoms with Gasteiger partial charge < -0.3 is 10.6 Å². The van der Waals surface area contributed by atoms with Crippen LogP contribution in [-0.4, -0.2) is 0 Å². The zero-order valence-corrected chi connectivity index (χ0v) is 6.87. The summed E-state index contributed by atoms with van der Waals surface area (Å²) in [5.41, 5.74) is 13.8. The smallest absolute Gasteiger partial charge is 0.182 e. The number of nitrogen functional groups attached to an aromatic ring is 1. The van der Waals surface area contributed by atoms with Crippen molar-refractivity contribution >= 4 is 5.69 Å². The second kappa shape index (κ2) is 3.71. The highest BCUT2D eigenvalue weighted by molar-refractivity contribution is 5.54. The Morgan fingerprint density at radius 1 is 1.58 bits per heavy atom. The first-order chi connectivity index (χ1) is 5.77. The number of hydrogen-bond acceptors (Lipinski definition) is 4. The molecular formula is C8H11N3O. The molecule has 0 spiro atoms. The summed E-state index contributed by atoms with van der Waals surface area (Å²) in [7, 11) is 0. The minimum Gasteiger partial charge on any atom is -0.396 e. The molecule has 0 saturated heterocycles. The van der Waals surface area contributed by atoms with Crippen LogP contribution in [0.2, 0.25) is 0 Å². The summed E-state index contributed by atoms with van der Waals surface area (Å²) in [6, 6.07) is 5.43. The molecule has 0 amide bonds. The van der Waals surface area contributed by atoms with E-state index in [1.807, 2.05) is 19.1 Å². The number of anilines is 1. The average Bonchev–Trinajstić information content (AvgIpc) is 2.09. The molecule has 4 heteroatoms. The van der Waals surface area contributed by atoms with Gasteiger partial charge in [0.25, 0.3) is 0 Å². The molecule has 12 heavy (non-hydrogen) atoms. The Hall–Kier alpha value is -1.58. The molecule has 3 N–H and O–H groups in total. The third-order valence-corrected chi connectivity index (χ3v) is 1.63. The monoisotopic (exact) mass is 165 g/mol. The van der Waals surface area contributed by atoms with Gasteiger partial charge in [-0.2, -0.15) is 5.53 Å². The fourth-order valence-corrected chi connectivity index (χ4v) is 0.950. The predicted octanol–water partition coefficient (Wildman–Crippen LogP) is 2.16. The number of hydrogen-bond donors (Lipinski definition) is 2. The molecule has 0 bridgehead atoms. The molecule has 0 saturated carbocycles. The Balaban J connectivity index is 2.94. The first-order valence-electron chi connectivity index (χ1n) is 3.70. The molecule has 0 aromatic heterocycles. The SMILES string of the molecule is CCc1ccc(ON=N)c(N)c1. The molecular weight excluding hydrogens is 154 g/mol. The van der Waals surface area contributed by atoms with E-state index >= 15 is 0 Å². The maximum atomic E-state index is 6.48. The van der Waals surface area contributed by atoms with Crippen LogP contribution in [-0.2, 0) is 6.42 Å². The number of nitrogens with one attached hydrogen (secondary N) is 1. The van der Waals surface area contributed by atoms with Crippen LogP contribution >= 0.6 is 0 Å². The molecule has 0 unspecified atom stereocenters. The highest BCUT2D eigenvalue weighted by Gasteiger charge is 2.00. The lowest BCUT2D eigenvalue weighted by Gasteiger charge is -2.02. The van der Waals surface area contributed by atoms with Gasteiger partial charge in [0, 0.05) is 5.28 Å². The van der Waals surface area contributed by atoms with Crippen molar-refractivity contribution in [3.63, 3.8) is 0 Å². The molecule has 0 heterocycles. The Bertz CT molecular complexity index is 286. The molecule has 0 radical (unpaired) electrons. The quantitative estimate of drug-likeness (QED) is 0.409. The molecule has 0 aliphatic rings. The van der Waals surface area contributed by atoms with Gasteiger partial charge in [-0.3, -0.25) is 0 Å². The molecule has 0 fully saturated rings. The van der Waals surface area contributed by atoms with Crippen LogP contribution in [0, 0.1) is 5.53 Å². The highest BCUT2D eigenvalue weighted by atomic mass is 16.6. The van der Waals surface area contributed by atoms with E-state index in [0.29, 0.717) is 11.4 Å². The molecule has 0 aliphatic carbocycles.